The van der Waals surface area contributed by atoms with Crippen molar-refractivity contribution in [2.24, 2.45) is 5.41 Å². The fourth-order valence-electron chi connectivity index (χ4n) is 3.78. The maximum atomic E-state index is 13.0. The van der Waals surface area contributed by atoms with Gasteiger partial charge < -0.3 is 4.90 Å². The Morgan fingerprint density at radius 1 is 1.00 bits per heavy atom. The van der Waals surface area contributed by atoms with Crippen molar-refractivity contribution in [2.45, 2.75) is 37.2 Å². The van der Waals surface area contributed by atoms with Crippen molar-refractivity contribution in [1.29, 1.82) is 0 Å². The normalized spacial score (nSPS) is 22.5. The first kappa shape index (κ1) is 18.9. The summed E-state index contributed by atoms with van der Waals surface area (Å²) < 4.78 is 0. The molecule has 1 aliphatic rings. The minimum atomic E-state index is -1.18. The lowest BCUT2D eigenvalue weighted by Gasteiger charge is -2.50. The predicted molar refractivity (Wildman–Crippen MR) is 104 cm³/mol. The van der Waals surface area contributed by atoms with Gasteiger partial charge in [0.05, 0.1) is 12.1 Å². The number of alkyl halides is 2. The van der Waals surface area contributed by atoms with Gasteiger partial charge in [-0.15, -0.1) is 0 Å². The first-order valence-electron chi connectivity index (χ1n) is 8.57. The van der Waals surface area contributed by atoms with Crippen LogP contribution in [-0.2, 0) is 9.59 Å². The first-order chi connectivity index (χ1) is 12.3. The Morgan fingerprint density at radius 3 is 2.00 bits per heavy atom. The number of amides is 1. The zero-order valence-corrected chi connectivity index (χ0v) is 16.2. The molecule has 1 saturated heterocycles. The summed E-state index contributed by atoms with van der Waals surface area (Å²) in [6.07, 6.45) is 0.243. The third kappa shape index (κ3) is 3.38. The Hall–Kier alpha value is -1.84. The number of piperidine rings is 1. The summed E-state index contributed by atoms with van der Waals surface area (Å²) >= 11 is 12.0. The van der Waals surface area contributed by atoms with Gasteiger partial charge in [-0.25, -0.2) is 0 Å². The molecule has 0 bridgehead atoms. The number of halogens is 2. The fourth-order valence-corrected chi connectivity index (χ4v) is 4.00. The molecule has 2 aromatic carbocycles. The van der Waals surface area contributed by atoms with Crippen molar-refractivity contribution < 1.29 is 9.59 Å². The molecule has 1 fully saturated rings. The van der Waals surface area contributed by atoms with Crippen LogP contribution in [0.25, 0.3) is 0 Å². The topological polar surface area (TPSA) is 37.4 Å². The average molecular weight is 390 g/mol. The molecule has 2 aromatic rings. The van der Waals surface area contributed by atoms with E-state index in [9.17, 15) is 9.59 Å². The van der Waals surface area contributed by atoms with Crippen molar-refractivity contribution in [3.05, 3.63) is 71.8 Å². The lowest BCUT2D eigenvalue weighted by molar-refractivity contribution is -0.152. The lowest BCUT2D eigenvalue weighted by Crippen LogP contribution is -2.53. The van der Waals surface area contributed by atoms with E-state index in [1.807, 2.05) is 74.5 Å². The van der Waals surface area contributed by atoms with Crippen molar-refractivity contribution in [3.63, 3.8) is 0 Å². The van der Waals surface area contributed by atoms with E-state index < -0.39 is 22.3 Å². The number of hydrogen-bond donors (Lipinski definition) is 0. The van der Waals surface area contributed by atoms with E-state index >= 15 is 0 Å². The largest absolute Gasteiger partial charge is 0.325 e. The van der Waals surface area contributed by atoms with Crippen LogP contribution in [0.1, 0.15) is 43.5 Å². The summed E-state index contributed by atoms with van der Waals surface area (Å²) in [5.74, 6) is -0.262. The zero-order chi connectivity index (χ0) is 18.9. The number of hydrogen-bond acceptors (Lipinski definition) is 2. The molecule has 0 spiro atoms. The van der Waals surface area contributed by atoms with Crippen LogP contribution in [0, 0.1) is 5.41 Å². The lowest BCUT2D eigenvalue weighted by atomic mass is 9.69. The molecule has 0 N–H and O–H groups in total. The van der Waals surface area contributed by atoms with Gasteiger partial charge in [-0.05, 0) is 11.1 Å². The van der Waals surface area contributed by atoms with Gasteiger partial charge in [0.1, 0.15) is 5.78 Å². The minimum absolute atomic E-state index is 0.116. The average Bonchev–Trinajstić information content (AvgIpc) is 2.64. The van der Waals surface area contributed by atoms with Gasteiger partial charge in [0.2, 0.25) is 0 Å². The summed E-state index contributed by atoms with van der Waals surface area (Å²) in [5.41, 5.74) is 1.05. The third-order valence-corrected chi connectivity index (χ3v) is 5.51. The number of carbonyl (C=O) groups excluding carboxylic acids is 2. The van der Waals surface area contributed by atoms with Gasteiger partial charge >= 0.3 is 0 Å². The predicted octanol–water partition coefficient (Wildman–Crippen LogP) is 5.10. The summed E-state index contributed by atoms with van der Waals surface area (Å²) in [7, 11) is 0. The molecule has 3 nitrogen and oxygen atoms in total. The number of Topliss-reactive ketones (excluding diaryl/α,β-unsaturated/α-hetero) is 1. The van der Waals surface area contributed by atoms with Gasteiger partial charge in [-0.3, -0.25) is 9.59 Å². The van der Waals surface area contributed by atoms with Crippen LogP contribution in [0.2, 0.25) is 0 Å². The number of carbonyl (C=O) groups is 2. The molecule has 1 heterocycles. The monoisotopic (exact) mass is 389 g/mol. The molecule has 0 aromatic heterocycles. The van der Waals surface area contributed by atoms with Crippen molar-refractivity contribution in [2.75, 3.05) is 0 Å². The summed E-state index contributed by atoms with van der Waals surface area (Å²) in [4.78, 5) is 26.5. The molecule has 0 unspecified atom stereocenters. The second kappa shape index (κ2) is 7.42. The number of rotatable bonds is 3. The smallest absolute Gasteiger partial charge is 0.256 e. The quantitative estimate of drug-likeness (QED) is 0.684. The molecule has 0 radical (unpaired) electrons. The number of benzene rings is 2. The molecule has 1 amide bonds. The van der Waals surface area contributed by atoms with Gasteiger partial charge in [0.25, 0.3) is 5.91 Å². The van der Waals surface area contributed by atoms with Crippen LogP contribution in [0.15, 0.2) is 60.7 Å². The number of likely N-dealkylation sites (tertiary alicyclic amines) is 1. The summed E-state index contributed by atoms with van der Waals surface area (Å²) in [6.45, 7) is 3.76. The van der Waals surface area contributed by atoms with Gasteiger partial charge in [-0.1, -0.05) is 97.7 Å². The molecule has 0 aliphatic carbocycles. The molecule has 5 heteroatoms. The van der Waals surface area contributed by atoms with Crippen LogP contribution in [-0.4, -0.2) is 21.4 Å². The van der Waals surface area contributed by atoms with Crippen LogP contribution < -0.4 is 0 Å². The molecule has 136 valence electrons. The Kier molecular flexibility index (Phi) is 5.40. The molecule has 0 saturated carbocycles. The molecule has 2 atom stereocenters. The van der Waals surface area contributed by atoms with Crippen LogP contribution in [0.4, 0.5) is 0 Å². The highest BCUT2D eigenvalue weighted by Crippen LogP contribution is 2.50. The minimum Gasteiger partial charge on any atom is -0.325 e. The number of nitrogens with zero attached hydrogens (tertiary/aromatic N) is 1. The Morgan fingerprint density at radius 2 is 1.50 bits per heavy atom. The SMILES string of the molecule is CC1(C)C(=O)C[C@@H](c2ccccc2)N(C(=O)C(Cl)Cl)[C@H]1c1ccccc1. The van der Waals surface area contributed by atoms with E-state index in [0.717, 1.165) is 11.1 Å². The third-order valence-electron chi connectivity index (χ3n) is 5.14. The van der Waals surface area contributed by atoms with E-state index in [1.54, 1.807) is 4.90 Å². The molecule has 3 rings (SSSR count). The maximum Gasteiger partial charge on any atom is 0.256 e. The molecular formula is C21H21Cl2NO2. The highest BCUT2D eigenvalue weighted by atomic mass is 35.5. The van der Waals surface area contributed by atoms with Gasteiger partial charge in [0, 0.05) is 11.8 Å². The van der Waals surface area contributed by atoms with Gasteiger partial charge in [-0.2, -0.15) is 0 Å². The van der Waals surface area contributed by atoms with Gasteiger partial charge in [0.15, 0.2) is 4.84 Å². The standard InChI is InChI=1S/C21H21Cl2NO2/c1-21(2)17(25)13-16(14-9-5-3-6-10-14)24(20(26)19(22)23)18(21)15-11-7-4-8-12-15/h3-12,16,18-19H,13H2,1-2H3/t16-,18-/m0/s1. The van der Waals surface area contributed by atoms with Crippen LogP contribution in [0.3, 0.4) is 0 Å². The summed E-state index contributed by atoms with van der Waals surface area (Å²) in [6, 6.07) is 18.3. The summed E-state index contributed by atoms with van der Waals surface area (Å²) in [5, 5.41) is 0. The Balaban J connectivity index is 2.18. The van der Waals surface area contributed by atoms with E-state index in [-0.39, 0.29) is 18.1 Å². The second-order valence-electron chi connectivity index (χ2n) is 7.13. The zero-order valence-electron chi connectivity index (χ0n) is 14.7. The second-order valence-corrected chi connectivity index (χ2v) is 8.23. The van der Waals surface area contributed by atoms with Crippen molar-refractivity contribution in [3.8, 4) is 0 Å². The Labute approximate surface area is 163 Å². The maximum absolute atomic E-state index is 13.0. The Bertz CT molecular complexity index is 790. The van der Waals surface area contributed by atoms with Crippen molar-refractivity contribution in [1.82, 2.24) is 4.90 Å². The highest BCUT2D eigenvalue weighted by Gasteiger charge is 2.51. The number of ketones is 1. The van der Waals surface area contributed by atoms with E-state index in [2.05, 4.69) is 0 Å². The van der Waals surface area contributed by atoms with Crippen LogP contribution in [0.5, 0.6) is 0 Å². The van der Waals surface area contributed by atoms with Crippen molar-refractivity contribution >= 4 is 34.9 Å². The van der Waals surface area contributed by atoms with E-state index in [0.29, 0.717) is 0 Å². The van der Waals surface area contributed by atoms with Crippen LogP contribution >= 0.6 is 23.2 Å². The molecule has 1 aliphatic heterocycles. The molecular weight excluding hydrogens is 369 g/mol. The van der Waals surface area contributed by atoms with E-state index in [4.69, 9.17) is 23.2 Å². The highest BCUT2D eigenvalue weighted by molar-refractivity contribution is 6.53. The van der Waals surface area contributed by atoms with E-state index in [1.165, 1.54) is 0 Å². The fraction of sp³-hybridized carbons (Fsp3) is 0.333. The molecule has 26 heavy (non-hydrogen) atoms. The first-order valence-corrected chi connectivity index (χ1v) is 9.45.